The summed E-state index contributed by atoms with van der Waals surface area (Å²) in [5.41, 5.74) is 3.84. The number of nitrogens with zero attached hydrogens (tertiary/aromatic N) is 4. The highest BCUT2D eigenvalue weighted by molar-refractivity contribution is 5.40. The van der Waals surface area contributed by atoms with Gasteiger partial charge in [0.15, 0.2) is 0 Å². The molecule has 5 heteroatoms. The van der Waals surface area contributed by atoms with E-state index < -0.39 is 0 Å². The lowest BCUT2D eigenvalue weighted by Crippen LogP contribution is -2.26. The number of pyridine rings is 1. The Hall–Kier alpha value is -2.40. The van der Waals surface area contributed by atoms with Crippen LogP contribution >= 0.6 is 0 Å². The quantitative estimate of drug-likeness (QED) is 0.744. The molecule has 0 spiro atoms. The zero-order valence-electron chi connectivity index (χ0n) is 14.1. The Balaban J connectivity index is 1.67. The second-order valence-corrected chi connectivity index (χ2v) is 6.62. The van der Waals surface area contributed by atoms with Crippen molar-refractivity contribution in [3.63, 3.8) is 0 Å². The maximum Gasteiger partial charge on any atom is 0.258 e. The summed E-state index contributed by atoms with van der Waals surface area (Å²) in [6, 6.07) is 12.1. The molecule has 1 fully saturated rings. The van der Waals surface area contributed by atoms with E-state index >= 15 is 0 Å². The molecular formula is C19H22N4O. The summed E-state index contributed by atoms with van der Waals surface area (Å²) in [6.07, 6.45) is 4.43. The van der Waals surface area contributed by atoms with Crippen molar-refractivity contribution in [1.82, 2.24) is 18.9 Å². The van der Waals surface area contributed by atoms with E-state index in [2.05, 4.69) is 34.8 Å². The fourth-order valence-corrected chi connectivity index (χ4v) is 3.82. The average Bonchev–Trinajstić information content (AvgIpc) is 3.15. The molecule has 0 bridgehead atoms. The van der Waals surface area contributed by atoms with Gasteiger partial charge in [-0.15, -0.1) is 0 Å². The zero-order valence-corrected chi connectivity index (χ0v) is 14.1. The first-order valence-electron chi connectivity index (χ1n) is 8.47. The minimum atomic E-state index is 0.00251. The van der Waals surface area contributed by atoms with Gasteiger partial charge in [-0.1, -0.05) is 6.07 Å². The lowest BCUT2D eigenvalue weighted by atomic mass is 10.1. The molecule has 0 aromatic carbocycles. The lowest BCUT2D eigenvalue weighted by Gasteiger charge is -2.24. The molecule has 0 unspecified atom stereocenters. The molecule has 124 valence electrons. The number of hydrogen-bond acceptors (Lipinski definition) is 3. The van der Waals surface area contributed by atoms with E-state index in [1.54, 1.807) is 10.5 Å². The van der Waals surface area contributed by atoms with Gasteiger partial charge in [0.2, 0.25) is 0 Å². The van der Waals surface area contributed by atoms with E-state index in [-0.39, 0.29) is 5.56 Å². The minimum Gasteiger partial charge on any atom is -0.353 e. The van der Waals surface area contributed by atoms with Crippen LogP contribution in [0.3, 0.4) is 0 Å². The Labute approximate surface area is 141 Å². The minimum absolute atomic E-state index is 0.00251. The van der Waals surface area contributed by atoms with Crippen molar-refractivity contribution in [2.75, 3.05) is 6.54 Å². The van der Waals surface area contributed by atoms with Gasteiger partial charge in [0.25, 0.3) is 5.56 Å². The van der Waals surface area contributed by atoms with Gasteiger partial charge in [-0.25, -0.2) is 4.98 Å². The maximum atomic E-state index is 12.5. The fraction of sp³-hybridized carbons (Fsp3) is 0.368. The van der Waals surface area contributed by atoms with Gasteiger partial charge in [-0.05, 0) is 50.6 Å². The van der Waals surface area contributed by atoms with Gasteiger partial charge in [0, 0.05) is 37.2 Å². The standard InChI is InChI=1S/C19H22N4O/c1-14-6-3-9-18-20-15(12-19(24)23(14)18)13-22-11-5-8-17(22)16-7-4-10-21(16)2/h3-4,6-7,9-10,12,17H,5,8,11,13H2,1-2H3/t17-/m0/s1. The second-order valence-electron chi connectivity index (χ2n) is 6.62. The summed E-state index contributed by atoms with van der Waals surface area (Å²) in [5.74, 6) is 0. The van der Waals surface area contributed by atoms with Crippen LogP contribution in [0, 0.1) is 6.92 Å². The number of hydrogen-bond donors (Lipinski definition) is 0. The van der Waals surface area contributed by atoms with Crippen LogP contribution in [0.15, 0.2) is 47.4 Å². The highest BCUT2D eigenvalue weighted by Gasteiger charge is 2.28. The van der Waals surface area contributed by atoms with Crippen molar-refractivity contribution >= 4 is 5.65 Å². The molecule has 0 saturated carbocycles. The lowest BCUT2D eigenvalue weighted by molar-refractivity contribution is 0.238. The van der Waals surface area contributed by atoms with E-state index in [1.807, 2.05) is 25.1 Å². The summed E-state index contributed by atoms with van der Waals surface area (Å²) < 4.78 is 3.86. The molecule has 0 amide bonds. The third-order valence-corrected chi connectivity index (χ3v) is 4.99. The Kier molecular flexibility index (Phi) is 3.73. The smallest absolute Gasteiger partial charge is 0.258 e. The first kappa shape index (κ1) is 15.1. The van der Waals surface area contributed by atoms with Gasteiger partial charge in [-0.2, -0.15) is 0 Å². The SMILES string of the molecule is Cc1cccc2nc(CN3CCC[C@H]3c3cccn3C)cc(=O)n12. The van der Waals surface area contributed by atoms with Crippen molar-refractivity contribution in [3.8, 4) is 0 Å². The van der Waals surface area contributed by atoms with Crippen LogP contribution < -0.4 is 5.56 Å². The zero-order chi connectivity index (χ0) is 16.7. The second kappa shape index (κ2) is 5.91. The molecule has 0 radical (unpaired) electrons. The Morgan fingerprint density at radius 1 is 1.25 bits per heavy atom. The van der Waals surface area contributed by atoms with Crippen molar-refractivity contribution in [3.05, 3.63) is 70.0 Å². The first-order valence-corrected chi connectivity index (χ1v) is 8.47. The third-order valence-electron chi connectivity index (χ3n) is 4.99. The number of rotatable bonds is 3. The van der Waals surface area contributed by atoms with Crippen LogP contribution in [-0.2, 0) is 13.6 Å². The molecule has 0 N–H and O–H groups in total. The van der Waals surface area contributed by atoms with Crippen LogP contribution in [0.25, 0.3) is 5.65 Å². The monoisotopic (exact) mass is 322 g/mol. The van der Waals surface area contributed by atoms with Crippen LogP contribution in [0.4, 0.5) is 0 Å². The van der Waals surface area contributed by atoms with E-state index in [4.69, 9.17) is 4.98 Å². The molecule has 3 aromatic rings. The Bertz CT molecular complexity index is 940. The molecule has 1 aliphatic heterocycles. The molecule has 1 aliphatic rings. The van der Waals surface area contributed by atoms with Crippen molar-refractivity contribution < 1.29 is 0 Å². The molecule has 1 atom stereocenters. The Morgan fingerprint density at radius 3 is 2.92 bits per heavy atom. The molecule has 24 heavy (non-hydrogen) atoms. The molecule has 1 saturated heterocycles. The van der Waals surface area contributed by atoms with Crippen LogP contribution in [0.5, 0.6) is 0 Å². The number of likely N-dealkylation sites (tertiary alicyclic amines) is 1. The van der Waals surface area contributed by atoms with E-state index in [9.17, 15) is 4.79 Å². The van der Waals surface area contributed by atoms with Gasteiger partial charge < -0.3 is 4.57 Å². The fourth-order valence-electron chi connectivity index (χ4n) is 3.82. The third kappa shape index (κ3) is 2.55. The van der Waals surface area contributed by atoms with Crippen LogP contribution in [0.1, 0.15) is 36.0 Å². The summed E-state index contributed by atoms with van der Waals surface area (Å²) in [7, 11) is 2.09. The molecule has 5 nitrogen and oxygen atoms in total. The van der Waals surface area contributed by atoms with Gasteiger partial charge >= 0.3 is 0 Å². The number of aromatic nitrogens is 3. The van der Waals surface area contributed by atoms with Gasteiger partial charge in [0.05, 0.1) is 11.7 Å². The van der Waals surface area contributed by atoms with Crippen molar-refractivity contribution in [2.24, 2.45) is 7.05 Å². The predicted octanol–water partition coefficient (Wildman–Crippen LogP) is 2.68. The van der Waals surface area contributed by atoms with E-state index in [0.29, 0.717) is 6.04 Å². The molecule has 4 rings (SSSR count). The summed E-state index contributed by atoms with van der Waals surface area (Å²) >= 11 is 0. The van der Waals surface area contributed by atoms with Crippen LogP contribution in [-0.4, -0.2) is 25.4 Å². The van der Waals surface area contributed by atoms with E-state index in [1.165, 1.54) is 12.1 Å². The maximum absolute atomic E-state index is 12.5. The van der Waals surface area contributed by atoms with Crippen molar-refractivity contribution in [1.29, 1.82) is 0 Å². The van der Waals surface area contributed by atoms with Crippen molar-refractivity contribution in [2.45, 2.75) is 32.4 Å². The highest BCUT2D eigenvalue weighted by atomic mass is 16.1. The van der Waals surface area contributed by atoms with E-state index in [0.717, 1.165) is 36.5 Å². The normalized spacial score (nSPS) is 18.5. The average molecular weight is 322 g/mol. The predicted molar refractivity (Wildman–Crippen MR) is 94.0 cm³/mol. The van der Waals surface area contributed by atoms with Gasteiger partial charge in [0.1, 0.15) is 5.65 Å². The summed E-state index contributed by atoms with van der Waals surface area (Å²) in [6.45, 7) is 3.70. The first-order chi connectivity index (χ1) is 11.6. The summed E-state index contributed by atoms with van der Waals surface area (Å²) in [5, 5.41) is 0. The van der Waals surface area contributed by atoms with Crippen LogP contribution in [0.2, 0.25) is 0 Å². The highest BCUT2D eigenvalue weighted by Crippen LogP contribution is 2.32. The molecule has 4 heterocycles. The topological polar surface area (TPSA) is 42.5 Å². The molecule has 3 aromatic heterocycles. The number of aryl methyl sites for hydroxylation is 2. The largest absolute Gasteiger partial charge is 0.353 e. The number of fused-ring (bicyclic) bond motifs is 1. The molecule has 0 aliphatic carbocycles. The van der Waals surface area contributed by atoms with Gasteiger partial charge in [-0.3, -0.25) is 14.1 Å². The Morgan fingerprint density at radius 2 is 2.12 bits per heavy atom. The summed E-state index contributed by atoms with van der Waals surface area (Å²) in [4.78, 5) is 19.6. The molecular weight excluding hydrogens is 300 g/mol.